The van der Waals surface area contributed by atoms with Gasteiger partial charge in [-0.15, -0.1) is 0 Å². The molecule has 0 rings (SSSR count). The van der Waals surface area contributed by atoms with Crippen LogP contribution in [0.2, 0.25) is 0 Å². The van der Waals surface area contributed by atoms with Crippen LogP contribution in [0.25, 0.3) is 0 Å². The normalized spacial score (nSPS) is 13.1. The van der Waals surface area contributed by atoms with Crippen molar-refractivity contribution in [2.24, 2.45) is 5.73 Å². The van der Waals surface area contributed by atoms with Crippen LogP contribution >= 0.6 is 0 Å². The van der Waals surface area contributed by atoms with E-state index in [-0.39, 0.29) is 18.0 Å². The van der Waals surface area contributed by atoms with E-state index in [0.29, 0.717) is 38.6 Å². The summed E-state index contributed by atoms with van der Waals surface area (Å²) in [5.74, 6) is -1.33. The quantitative estimate of drug-likeness (QED) is 0.0386. The second-order valence-electron chi connectivity index (χ2n) is 12.3. The molecule has 0 radical (unpaired) electrons. The van der Waals surface area contributed by atoms with E-state index < -0.39 is 12.0 Å². The molecule has 4 N–H and O–H groups in total. The van der Waals surface area contributed by atoms with Gasteiger partial charge in [-0.05, 0) is 90.0 Å². The van der Waals surface area contributed by atoms with Gasteiger partial charge in [-0.3, -0.25) is 9.59 Å². The van der Waals surface area contributed by atoms with Gasteiger partial charge in [-0.25, -0.2) is 4.79 Å². The Balaban J connectivity index is 4.07. The first-order valence-corrected chi connectivity index (χ1v) is 18.3. The van der Waals surface area contributed by atoms with Crippen molar-refractivity contribution in [3.05, 3.63) is 36.5 Å². The minimum Gasteiger partial charge on any atom is -0.480 e. The number of nitrogens with one attached hydrogen (secondary N) is 1. The number of allylic oxidation sites excluding steroid dienone is 6. The van der Waals surface area contributed by atoms with Crippen molar-refractivity contribution >= 4 is 17.8 Å². The van der Waals surface area contributed by atoms with Gasteiger partial charge in [0.25, 0.3) is 0 Å². The molecule has 7 nitrogen and oxygen atoms in total. The molecule has 7 heteroatoms. The van der Waals surface area contributed by atoms with Gasteiger partial charge in [-0.2, -0.15) is 0 Å². The van der Waals surface area contributed by atoms with Crippen molar-refractivity contribution in [1.82, 2.24) is 5.32 Å². The molecule has 0 bridgehead atoms. The van der Waals surface area contributed by atoms with Crippen LogP contribution < -0.4 is 11.1 Å². The minimum atomic E-state index is -1.02. The van der Waals surface area contributed by atoms with Crippen LogP contribution in [0.3, 0.4) is 0 Å². The predicted molar refractivity (Wildman–Crippen MR) is 188 cm³/mol. The van der Waals surface area contributed by atoms with Gasteiger partial charge in [0.15, 0.2) is 0 Å². The number of carboxylic acids is 1. The Morgan fingerprint density at radius 2 is 1.22 bits per heavy atom. The Morgan fingerprint density at radius 3 is 1.84 bits per heavy atom. The van der Waals surface area contributed by atoms with Gasteiger partial charge in [0, 0.05) is 12.8 Å². The Bertz CT molecular complexity index is 808. The van der Waals surface area contributed by atoms with Crippen molar-refractivity contribution in [2.45, 2.75) is 180 Å². The maximum atomic E-state index is 12.6. The van der Waals surface area contributed by atoms with Crippen LogP contribution in [0.1, 0.15) is 168 Å². The number of hydrogen-bond donors (Lipinski definition) is 3. The van der Waals surface area contributed by atoms with Crippen LogP contribution in [0, 0.1) is 0 Å². The first kappa shape index (κ1) is 42.6. The molecule has 260 valence electrons. The molecule has 45 heavy (non-hydrogen) atoms. The number of nitrogens with two attached hydrogens (primary N) is 1. The summed E-state index contributed by atoms with van der Waals surface area (Å²) in [5, 5.41) is 11.9. The number of ether oxygens (including phenoxy) is 1. The zero-order chi connectivity index (χ0) is 33.2. The summed E-state index contributed by atoms with van der Waals surface area (Å²) < 4.78 is 5.90. The average Bonchev–Trinajstić information content (AvgIpc) is 3.02. The van der Waals surface area contributed by atoms with Gasteiger partial charge < -0.3 is 20.9 Å². The first-order valence-electron chi connectivity index (χ1n) is 18.3. The zero-order valence-corrected chi connectivity index (χ0v) is 29.0. The number of amides is 1. The molecule has 1 amide bonds. The molecule has 0 aromatic carbocycles. The first-order chi connectivity index (χ1) is 21.9. The summed E-state index contributed by atoms with van der Waals surface area (Å²) in [6.07, 6.45) is 36.3. The maximum Gasteiger partial charge on any atom is 0.326 e. The molecule has 0 spiro atoms. The molecule has 0 fully saturated rings. The van der Waals surface area contributed by atoms with E-state index in [1.807, 2.05) is 0 Å². The molecule has 0 saturated heterocycles. The lowest BCUT2D eigenvalue weighted by Crippen LogP contribution is -2.40. The zero-order valence-electron chi connectivity index (χ0n) is 29.0. The number of esters is 1. The minimum absolute atomic E-state index is 0.0520. The predicted octanol–water partition coefficient (Wildman–Crippen LogP) is 9.50. The second kappa shape index (κ2) is 33.0. The molecule has 0 aliphatic heterocycles. The van der Waals surface area contributed by atoms with Crippen molar-refractivity contribution in [2.75, 3.05) is 6.54 Å². The number of carbonyl (C=O) groups excluding carboxylic acids is 2. The highest BCUT2D eigenvalue weighted by molar-refractivity contribution is 5.83. The van der Waals surface area contributed by atoms with Crippen molar-refractivity contribution < 1.29 is 24.2 Å². The second-order valence-corrected chi connectivity index (χ2v) is 12.3. The molecule has 0 heterocycles. The van der Waals surface area contributed by atoms with Gasteiger partial charge in [0.1, 0.15) is 12.1 Å². The van der Waals surface area contributed by atoms with E-state index in [4.69, 9.17) is 10.5 Å². The summed E-state index contributed by atoms with van der Waals surface area (Å²) in [7, 11) is 0. The number of unbranched alkanes of at least 4 members (excludes halogenated alkanes) is 12. The molecule has 2 atom stereocenters. The summed E-state index contributed by atoms with van der Waals surface area (Å²) >= 11 is 0. The van der Waals surface area contributed by atoms with Gasteiger partial charge in [0.05, 0.1) is 0 Å². The molecule has 0 aliphatic carbocycles. The third kappa shape index (κ3) is 30.0. The lowest BCUT2D eigenvalue weighted by molar-refractivity contribution is -0.150. The molecular weight excluding hydrogens is 564 g/mol. The largest absolute Gasteiger partial charge is 0.480 e. The third-order valence-corrected chi connectivity index (χ3v) is 7.97. The topological polar surface area (TPSA) is 119 Å². The van der Waals surface area contributed by atoms with E-state index in [2.05, 4.69) is 55.6 Å². The molecule has 0 saturated carbocycles. The SMILES string of the molecule is CC/C=C\C/C=C\C/C=C\CCCCCCCCCC(=O)OC(CCCCCC)CCCCCC(=O)NC(CCCN)C(=O)O. The van der Waals surface area contributed by atoms with E-state index >= 15 is 0 Å². The van der Waals surface area contributed by atoms with E-state index in [1.165, 1.54) is 44.9 Å². The van der Waals surface area contributed by atoms with Crippen molar-refractivity contribution in [1.29, 1.82) is 0 Å². The van der Waals surface area contributed by atoms with Crippen molar-refractivity contribution in [3.8, 4) is 0 Å². The Kier molecular flexibility index (Phi) is 31.2. The smallest absolute Gasteiger partial charge is 0.326 e. The maximum absolute atomic E-state index is 12.6. The van der Waals surface area contributed by atoms with Gasteiger partial charge >= 0.3 is 11.9 Å². The molecule has 2 unspecified atom stereocenters. The fourth-order valence-electron chi connectivity index (χ4n) is 5.23. The highest BCUT2D eigenvalue weighted by atomic mass is 16.5. The summed E-state index contributed by atoms with van der Waals surface area (Å²) in [6.45, 7) is 4.75. The lowest BCUT2D eigenvalue weighted by Gasteiger charge is -2.18. The Hall–Kier alpha value is -2.41. The Morgan fingerprint density at radius 1 is 0.667 bits per heavy atom. The number of carboxylic acid groups (broad SMARTS) is 1. The summed E-state index contributed by atoms with van der Waals surface area (Å²) in [4.78, 5) is 36.1. The van der Waals surface area contributed by atoms with Crippen LogP contribution in [-0.4, -0.2) is 41.6 Å². The van der Waals surface area contributed by atoms with E-state index in [1.54, 1.807) is 0 Å². The fraction of sp³-hybridized carbons (Fsp3) is 0.763. The van der Waals surface area contributed by atoms with Crippen LogP contribution in [0.4, 0.5) is 0 Å². The molecule has 0 aliphatic rings. The molecule has 0 aromatic heterocycles. The summed E-state index contributed by atoms with van der Waals surface area (Å²) in [6, 6.07) is -0.874. The standard InChI is InChI=1S/C38H68N2O5/c1-3-5-7-9-10-11-12-13-14-15-16-17-18-19-20-21-26-32-37(42)45-34(28-23-8-6-4-2)29-24-22-25-31-36(41)40-35(38(43)44)30-27-33-39/h5,7,10-11,13-14,34-35H,3-4,6,8-9,12,15-33,39H2,1-2H3,(H,40,41)(H,43,44)/b7-5-,11-10-,14-13-. The van der Waals surface area contributed by atoms with E-state index in [9.17, 15) is 19.5 Å². The molecular formula is C38H68N2O5. The van der Waals surface area contributed by atoms with Crippen LogP contribution in [0.15, 0.2) is 36.5 Å². The van der Waals surface area contributed by atoms with Gasteiger partial charge in [-0.1, -0.05) is 108 Å². The van der Waals surface area contributed by atoms with Crippen LogP contribution in [-0.2, 0) is 19.1 Å². The average molecular weight is 633 g/mol. The number of hydrogen-bond acceptors (Lipinski definition) is 5. The van der Waals surface area contributed by atoms with E-state index in [0.717, 1.165) is 77.0 Å². The van der Waals surface area contributed by atoms with Gasteiger partial charge in [0.2, 0.25) is 5.91 Å². The molecule has 0 aromatic rings. The number of rotatable bonds is 32. The monoisotopic (exact) mass is 633 g/mol. The fourth-order valence-corrected chi connectivity index (χ4v) is 5.23. The van der Waals surface area contributed by atoms with Crippen molar-refractivity contribution in [3.63, 3.8) is 0 Å². The highest BCUT2D eigenvalue weighted by Gasteiger charge is 2.19. The Labute approximate surface area is 275 Å². The lowest BCUT2D eigenvalue weighted by atomic mass is 10.0. The summed E-state index contributed by atoms with van der Waals surface area (Å²) in [5.41, 5.74) is 5.46. The number of carbonyl (C=O) groups is 3. The highest BCUT2D eigenvalue weighted by Crippen LogP contribution is 2.18. The number of aliphatic carboxylic acids is 1. The third-order valence-electron chi connectivity index (χ3n) is 7.97. The van der Waals surface area contributed by atoms with Crippen LogP contribution in [0.5, 0.6) is 0 Å².